The molecular weight excluding hydrogens is 226 g/mol. The van der Waals surface area contributed by atoms with Crippen molar-refractivity contribution in [2.75, 3.05) is 5.75 Å². The molecule has 0 aromatic carbocycles. The Morgan fingerprint density at radius 2 is 2.25 bits per heavy atom. The van der Waals surface area contributed by atoms with Crippen molar-refractivity contribution in [2.24, 2.45) is 17.9 Å². The standard InChI is InChI=1S/C9H17N5OS/c1-7-11-12-9(14(7)2)16-6-4-3-5-8(10)13-15/h15H,3-6H2,1-2H3,(H2,10,13). The summed E-state index contributed by atoms with van der Waals surface area (Å²) >= 11 is 1.67. The molecule has 1 rings (SSSR count). The first-order valence-corrected chi connectivity index (χ1v) is 6.09. The first-order valence-electron chi connectivity index (χ1n) is 5.10. The van der Waals surface area contributed by atoms with Crippen LogP contribution in [0.25, 0.3) is 0 Å². The summed E-state index contributed by atoms with van der Waals surface area (Å²) in [6, 6.07) is 0. The molecule has 0 amide bonds. The fourth-order valence-corrected chi connectivity index (χ4v) is 2.09. The summed E-state index contributed by atoms with van der Waals surface area (Å²) in [5.74, 6) is 2.17. The van der Waals surface area contributed by atoms with Crippen LogP contribution in [0.15, 0.2) is 10.3 Å². The zero-order chi connectivity index (χ0) is 12.0. The molecule has 0 bridgehead atoms. The molecule has 0 spiro atoms. The van der Waals surface area contributed by atoms with Crippen LogP contribution in [0.3, 0.4) is 0 Å². The number of amidine groups is 1. The van der Waals surface area contributed by atoms with Gasteiger partial charge in [-0.15, -0.1) is 10.2 Å². The quantitative estimate of drug-likeness (QED) is 0.195. The predicted octanol–water partition coefficient (Wildman–Crippen LogP) is 1.13. The fourth-order valence-electron chi connectivity index (χ4n) is 1.14. The number of oxime groups is 1. The van der Waals surface area contributed by atoms with Crippen LogP contribution in [0, 0.1) is 6.92 Å². The maximum absolute atomic E-state index is 8.34. The average Bonchev–Trinajstić information content (AvgIpc) is 2.60. The summed E-state index contributed by atoms with van der Waals surface area (Å²) in [5, 5.41) is 20.2. The zero-order valence-corrected chi connectivity index (χ0v) is 10.4. The van der Waals surface area contributed by atoms with Crippen LogP contribution < -0.4 is 5.73 Å². The highest BCUT2D eigenvalue weighted by Gasteiger charge is 2.04. The summed E-state index contributed by atoms with van der Waals surface area (Å²) in [6.45, 7) is 1.93. The monoisotopic (exact) mass is 243 g/mol. The third kappa shape index (κ3) is 3.73. The van der Waals surface area contributed by atoms with Crippen LogP contribution in [0.5, 0.6) is 0 Å². The average molecular weight is 243 g/mol. The predicted molar refractivity (Wildman–Crippen MR) is 63.7 cm³/mol. The van der Waals surface area contributed by atoms with Gasteiger partial charge < -0.3 is 15.5 Å². The summed E-state index contributed by atoms with van der Waals surface area (Å²) in [6.07, 6.45) is 2.56. The summed E-state index contributed by atoms with van der Waals surface area (Å²) in [4.78, 5) is 0. The topological polar surface area (TPSA) is 89.3 Å². The number of rotatable bonds is 6. The fraction of sp³-hybridized carbons (Fsp3) is 0.667. The molecule has 0 saturated heterocycles. The van der Waals surface area contributed by atoms with Crippen molar-refractivity contribution in [3.05, 3.63) is 5.82 Å². The van der Waals surface area contributed by atoms with Gasteiger partial charge >= 0.3 is 0 Å². The minimum Gasteiger partial charge on any atom is -0.409 e. The lowest BCUT2D eigenvalue weighted by Gasteiger charge is -2.01. The van der Waals surface area contributed by atoms with E-state index in [4.69, 9.17) is 10.9 Å². The molecule has 7 heteroatoms. The molecule has 0 saturated carbocycles. The third-order valence-corrected chi connectivity index (χ3v) is 3.35. The molecule has 6 nitrogen and oxygen atoms in total. The van der Waals surface area contributed by atoms with Gasteiger partial charge in [-0.1, -0.05) is 16.9 Å². The normalized spacial score (nSPS) is 12.0. The highest BCUT2D eigenvalue weighted by molar-refractivity contribution is 7.99. The second-order valence-electron chi connectivity index (χ2n) is 3.49. The van der Waals surface area contributed by atoms with Crippen molar-refractivity contribution in [3.63, 3.8) is 0 Å². The van der Waals surface area contributed by atoms with Crippen molar-refractivity contribution in [1.82, 2.24) is 14.8 Å². The second-order valence-corrected chi connectivity index (χ2v) is 4.55. The summed E-state index contributed by atoms with van der Waals surface area (Å²) in [5.41, 5.74) is 5.36. The Morgan fingerprint density at radius 3 is 2.81 bits per heavy atom. The Balaban J connectivity index is 2.19. The highest BCUT2D eigenvalue weighted by atomic mass is 32.2. The van der Waals surface area contributed by atoms with Crippen molar-refractivity contribution in [1.29, 1.82) is 0 Å². The van der Waals surface area contributed by atoms with Crippen molar-refractivity contribution >= 4 is 17.6 Å². The van der Waals surface area contributed by atoms with Crippen LogP contribution in [-0.2, 0) is 7.05 Å². The van der Waals surface area contributed by atoms with Crippen molar-refractivity contribution in [2.45, 2.75) is 31.3 Å². The summed E-state index contributed by atoms with van der Waals surface area (Å²) in [7, 11) is 1.95. The van der Waals surface area contributed by atoms with E-state index >= 15 is 0 Å². The van der Waals surface area contributed by atoms with E-state index in [9.17, 15) is 0 Å². The molecule has 16 heavy (non-hydrogen) atoms. The first kappa shape index (κ1) is 12.8. The number of unbranched alkanes of at least 4 members (excludes halogenated alkanes) is 1. The Kier molecular flexibility index (Phi) is 5.10. The van der Waals surface area contributed by atoms with Crippen LogP contribution in [-0.4, -0.2) is 31.6 Å². The Labute approximate surface area is 98.9 Å². The number of hydrogen-bond donors (Lipinski definition) is 2. The van der Waals surface area contributed by atoms with Gasteiger partial charge in [0.05, 0.1) is 0 Å². The molecule has 1 aromatic rings. The van der Waals surface area contributed by atoms with Gasteiger partial charge in [0.1, 0.15) is 11.7 Å². The molecule has 3 N–H and O–H groups in total. The number of nitrogens with two attached hydrogens (primary N) is 1. The zero-order valence-electron chi connectivity index (χ0n) is 9.55. The van der Waals surface area contributed by atoms with Gasteiger partial charge in [0.15, 0.2) is 5.16 Å². The molecule has 0 aliphatic rings. The number of thioether (sulfide) groups is 1. The smallest absolute Gasteiger partial charge is 0.190 e. The molecule has 0 fully saturated rings. The highest BCUT2D eigenvalue weighted by Crippen LogP contribution is 2.17. The molecule has 0 aliphatic heterocycles. The maximum atomic E-state index is 8.34. The minimum atomic E-state index is 0.291. The molecule has 0 aliphatic carbocycles. The third-order valence-electron chi connectivity index (χ3n) is 2.24. The van der Waals surface area contributed by atoms with Gasteiger partial charge in [-0.05, 0) is 19.8 Å². The summed E-state index contributed by atoms with van der Waals surface area (Å²) < 4.78 is 1.97. The first-order chi connectivity index (χ1) is 7.65. The number of nitrogens with zero attached hydrogens (tertiary/aromatic N) is 4. The van der Waals surface area contributed by atoms with Gasteiger partial charge in [0, 0.05) is 19.2 Å². The van der Waals surface area contributed by atoms with Gasteiger partial charge in [0.2, 0.25) is 0 Å². The van der Waals surface area contributed by atoms with Crippen LogP contribution in [0.1, 0.15) is 25.1 Å². The van der Waals surface area contributed by atoms with E-state index < -0.39 is 0 Å². The Hall–Kier alpha value is -1.24. The van der Waals surface area contributed by atoms with E-state index in [0.717, 1.165) is 29.6 Å². The number of hydrogen-bond acceptors (Lipinski definition) is 5. The molecular formula is C9H17N5OS. The minimum absolute atomic E-state index is 0.291. The SMILES string of the molecule is Cc1nnc(SCCCCC(N)=NO)n1C. The lowest BCUT2D eigenvalue weighted by molar-refractivity contribution is 0.316. The molecule has 0 unspecified atom stereocenters. The Morgan fingerprint density at radius 1 is 1.50 bits per heavy atom. The second kappa shape index (κ2) is 6.37. The molecule has 1 aromatic heterocycles. The maximum Gasteiger partial charge on any atom is 0.190 e. The van der Waals surface area contributed by atoms with E-state index in [1.54, 1.807) is 11.8 Å². The van der Waals surface area contributed by atoms with E-state index in [-0.39, 0.29) is 0 Å². The van der Waals surface area contributed by atoms with E-state index in [1.807, 2.05) is 18.5 Å². The lowest BCUT2D eigenvalue weighted by Crippen LogP contribution is -2.10. The van der Waals surface area contributed by atoms with E-state index in [0.29, 0.717) is 12.3 Å². The van der Waals surface area contributed by atoms with Crippen LogP contribution >= 0.6 is 11.8 Å². The van der Waals surface area contributed by atoms with Crippen molar-refractivity contribution in [3.8, 4) is 0 Å². The van der Waals surface area contributed by atoms with Gasteiger partial charge in [-0.2, -0.15) is 0 Å². The van der Waals surface area contributed by atoms with E-state index in [2.05, 4.69) is 15.4 Å². The van der Waals surface area contributed by atoms with Gasteiger partial charge in [0.25, 0.3) is 0 Å². The Bertz CT molecular complexity index is 363. The van der Waals surface area contributed by atoms with Gasteiger partial charge in [-0.3, -0.25) is 0 Å². The molecule has 0 radical (unpaired) electrons. The number of aryl methyl sites for hydroxylation is 1. The van der Waals surface area contributed by atoms with Crippen LogP contribution in [0.4, 0.5) is 0 Å². The molecule has 0 atom stereocenters. The van der Waals surface area contributed by atoms with Crippen molar-refractivity contribution < 1.29 is 5.21 Å². The molecule has 90 valence electrons. The molecule has 1 heterocycles. The van der Waals surface area contributed by atoms with E-state index in [1.165, 1.54) is 0 Å². The number of aromatic nitrogens is 3. The van der Waals surface area contributed by atoms with Gasteiger partial charge in [-0.25, -0.2) is 0 Å². The van der Waals surface area contributed by atoms with Crippen LogP contribution in [0.2, 0.25) is 0 Å². The lowest BCUT2D eigenvalue weighted by atomic mass is 10.2. The largest absolute Gasteiger partial charge is 0.409 e.